The number of hydrogen-bond donors (Lipinski definition) is 3. The highest BCUT2D eigenvalue weighted by Gasteiger charge is 2.48. The van der Waals surface area contributed by atoms with E-state index < -0.39 is 41.3 Å². The lowest BCUT2D eigenvalue weighted by atomic mass is 9.67. The van der Waals surface area contributed by atoms with Crippen LogP contribution < -0.4 is 5.32 Å². The van der Waals surface area contributed by atoms with Crippen LogP contribution in [0, 0.1) is 49.2 Å². The van der Waals surface area contributed by atoms with Crippen molar-refractivity contribution in [3.05, 3.63) is 199 Å². The summed E-state index contributed by atoms with van der Waals surface area (Å²) in [5, 5.41) is 22.6. The van der Waals surface area contributed by atoms with Gasteiger partial charge in [0, 0.05) is 135 Å². The van der Waals surface area contributed by atoms with E-state index in [0.717, 1.165) is 0 Å². The van der Waals surface area contributed by atoms with Crippen LogP contribution in [0.15, 0.2) is 142 Å². The van der Waals surface area contributed by atoms with Gasteiger partial charge >= 0.3 is 0 Å². The summed E-state index contributed by atoms with van der Waals surface area (Å²) in [5.74, 6) is -6.52. The van der Waals surface area contributed by atoms with Gasteiger partial charge in [0.1, 0.15) is 23.1 Å². The predicted octanol–water partition coefficient (Wildman–Crippen LogP) is 9.93. The van der Waals surface area contributed by atoms with Crippen LogP contribution in [0.3, 0.4) is 0 Å². The molecule has 4 atom stereocenters. The number of carbonyl (C=O) groups is 7. The maximum atomic E-state index is 14.9. The third-order valence-corrected chi connectivity index (χ3v) is 16.3. The van der Waals surface area contributed by atoms with Crippen LogP contribution in [0.1, 0.15) is 82.4 Å². The summed E-state index contributed by atoms with van der Waals surface area (Å²) < 4.78 is 30.9. The van der Waals surface area contributed by atoms with E-state index in [1.54, 1.807) is 126 Å². The van der Waals surface area contributed by atoms with Gasteiger partial charge in [-0.05, 0) is 84.6 Å². The van der Waals surface area contributed by atoms with Gasteiger partial charge in [-0.1, -0.05) is 117 Å². The molecular formula is C63H67Br2F2N5O9. The summed E-state index contributed by atoms with van der Waals surface area (Å²) in [4.78, 5) is 97.9. The summed E-state index contributed by atoms with van der Waals surface area (Å²) in [6, 6.07) is 35.7. The Labute approximate surface area is 488 Å². The SMILES string of the molecule is CC(=O)N(C)C.CNC(=O)CN1C[C@H](C(=O)c2cccc(O)c2)C(c2cccc(F)c2C)[C@@H](C(=O)c2cccc(O)c2)C1.Cc1c(F)cccc1C1[C@@H](C(=O)c2ccccc2Br)CN(CC(=O)N(C)C)C[C@@H]1C(=O)c1ccccc1Br. The molecule has 0 aliphatic carbocycles. The summed E-state index contributed by atoms with van der Waals surface area (Å²) in [6.07, 6.45) is 0. The second-order valence-electron chi connectivity index (χ2n) is 20.7. The van der Waals surface area contributed by atoms with Crippen molar-refractivity contribution in [3.63, 3.8) is 0 Å². The molecule has 2 fully saturated rings. The lowest BCUT2D eigenvalue weighted by molar-refractivity contribution is -0.130. The van der Waals surface area contributed by atoms with Crippen LogP contribution in [-0.4, -0.2) is 145 Å². The quantitative estimate of drug-likeness (QED) is 0.0882. The molecule has 8 rings (SSSR count). The second kappa shape index (κ2) is 28.4. The van der Waals surface area contributed by atoms with Crippen LogP contribution >= 0.6 is 31.9 Å². The number of Topliss-reactive ketones (excluding diaryl/α,β-unsaturated/α-hetero) is 4. The molecule has 2 aliphatic heterocycles. The number of likely N-dealkylation sites (tertiary alicyclic amines) is 2. The topological polar surface area (TPSA) is 185 Å². The molecule has 3 N–H and O–H groups in total. The average molecular weight is 1240 g/mol. The highest BCUT2D eigenvalue weighted by Crippen LogP contribution is 2.45. The highest BCUT2D eigenvalue weighted by molar-refractivity contribution is 9.10. The molecule has 6 aromatic rings. The number of amides is 3. The van der Waals surface area contributed by atoms with Crippen molar-refractivity contribution >= 4 is 72.7 Å². The van der Waals surface area contributed by atoms with Gasteiger partial charge in [-0.3, -0.25) is 43.4 Å². The van der Waals surface area contributed by atoms with E-state index >= 15 is 0 Å². The molecule has 0 saturated carbocycles. The number of piperidine rings is 2. The number of phenols is 2. The zero-order valence-electron chi connectivity index (χ0n) is 46.5. The molecule has 2 heterocycles. The Morgan fingerprint density at radius 3 is 1.23 bits per heavy atom. The first-order valence-electron chi connectivity index (χ1n) is 26.2. The second-order valence-corrected chi connectivity index (χ2v) is 22.4. The van der Waals surface area contributed by atoms with Gasteiger partial charge in [0.25, 0.3) is 0 Å². The molecule has 426 valence electrons. The number of halogens is 4. The number of benzene rings is 6. The smallest absolute Gasteiger partial charge is 0.236 e. The standard InChI is InChI=1S/C30H29Br2FN2O3.C29H29FN2O5.C4H9NO/c1-18-19(11-8-14-26(18)33)28-22(29(37)20-9-4-6-12-24(20)31)15-35(17-27(36)34(2)3)16-23(28)30(38)21-10-5-7-13-25(21)32;1-17-22(10-5-11-25(17)30)27-23(28(36)18-6-3-8-20(33)12-18)14-32(16-26(35)31-2)15-24(27)29(37)19-7-4-9-21(34)13-19;1-4(6)5(2)3/h4-14,22-23,28H,15-17H2,1-3H3;3-13,23-24,27,33-34H,14-16H2,1-2H3,(H,31,35);1-3H3/t22-,23-;23-,24-;/m00./s1. The number of rotatable bonds is 14. The predicted molar refractivity (Wildman–Crippen MR) is 314 cm³/mol. The van der Waals surface area contributed by atoms with Crippen molar-refractivity contribution < 1.29 is 52.6 Å². The molecule has 2 saturated heterocycles. The van der Waals surface area contributed by atoms with Gasteiger partial charge in [0.15, 0.2) is 23.1 Å². The van der Waals surface area contributed by atoms with Crippen molar-refractivity contribution in [2.24, 2.45) is 23.7 Å². The fraction of sp³-hybridized carbons (Fsp3) is 0.317. The number of hydrogen-bond acceptors (Lipinski definition) is 11. The van der Waals surface area contributed by atoms with Crippen molar-refractivity contribution in [2.75, 3.05) is 74.5 Å². The van der Waals surface area contributed by atoms with Gasteiger partial charge < -0.3 is 25.3 Å². The Morgan fingerprint density at radius 2 is 0.889 bits per heavy atom. The van der Waals surface area contributed by atoms with Crippen LogP contribution in [0.4, 0.5) is 8.78 Å². The molecule has 0 spiro atoms. The maximum Gasteiger partial charge on any atom is 0.236 e. The number of aromatic hydroxyl groups is 2. The Hall–Kier alpha value is -7.25. The molecule has 0 bridgehead atoms. The van der Waals surface area contributed by atoms with E-state index in [-0.39, 0.29) is 109 Å². The van der Waals surface area contributed by atoms with E-state index in [1.165, 1.54) is 60.2 Å². The molecular weight excluding hydrogens is 1170 g/mol. The molecule has 81 heavy (non-hydrogen) atoms. The first-order chi connectivity index (χ1) is 38.4. The lowest BCUT2D eigenvalue weighted by Gasteiger charge is -2.43. The van der Waals surface area contributed by atoms with Gasteiger partial charge in [0.05, 0.1) is 13.1 Å². The summed E-state index contributed by atoms with van der Waals surface area (Å²) >= 11 is 7.00. The number of nitrogens with zero attached hydrogens (tertiary/aromatic N) is 4. The van der Waals surface area contributed by atoms with E-state index in [4.69, 9.17) is 0 Å². The Balaban J connectivity index is 0.000000237. The van der Waals surface area contributed by atoms with Crippen molar-refractivity contribution in [1.29, 1.82) is 0 Å². The summed E-state index contributed by atoms with van der Waals surface area (Å²) in [7, 11) is 8.32. The van der Waals surface area contributed by atoms with Crippen molar-refractivity contribution in [2.45, 2.75) is 32.6 Å². The fourth-order valence-corrected chi connectivity index (χ4v) is 11.4. The molecule has 14 nitrogen and oxygen atoms in total. The van der Waals surface area contributed by atoms with Gasteiger partial charge in [0.2, 0.25) is 17.7 Å². The number of ketones is 4. The van der Waals surface area contributed by atoms with E-state index in [2.05, 4.69) is 37.2 Å². The van der Waals surface area contributed by atoms with E-state index in [1.807, 2.05) is 23.1 Å². The number of likely N-dealkylation sites (N-methyl/N-ethyl adjacent to an activating group) is 2. The zero-order valence-corrected chi connectivity index (χ0v) is 49.6. The summed E-state index contributed by atoms with van der Waals surface area (Å²) in [6.45, 7) is 5.72. The largest absolute Gasteiger partial charge is 0.508 e. The Morgan fingerprint density at radius 1 is 0.531 bits per heavy atom. The van der Waals surface area contributed by atoms with Crippen molar-refractivity contribution in [3.8, 4) is 11.5 Å². The molecule has 3 amide bonds. The minimum Gasteiger partial charge on any atom is -0.508 e. The monoisotopic (exact) mass is 1230 g/mol. The van der Waals surface area contributed by atoms with Crippen LogP contribution in [-0.2, 0) is 14.4 Å². The molecule has 2 aliphatic rings. The molecule has 0 unspecified atom stereocenters. The number of carbonyl (C=O) groups excluding carboxylic acids is 7. The third kappa shape index (κ3) is 15.6. The molecule has 0 aromatic heterocycles. The summed E-state index contributed by atoms with van der Waals surface area (Å²) in [5.41, 5.74) is 3.44. The van der Waals surface area contributed by atoms with Gasteiger partial charge in [-0.2, -0.15) is 0 Å². The average Bonchev–Trinajstić information content (AvgIpc) is 3.46. The lowest BCUT2D eigenvalue weighted by Crippen LogP contribution is -2.52. The van der Waals surface area contributed by atoms with E-state index in [0.29, 0.717) is 42.3 Å². The van der Waals surface area contributed by atoms with Crippen LogP contribution in [0.5, 0.6) is 11.5 Å². The minimum absolute atomic E-state index is 0.0288. The minimum atomic E-state index is -0.813. The first-order valence-corrected chi connectivity index (χ1v) is 27.8. The van der Waals surface area contributed by atoms with E-state index in [9.17, 15) is 52.6 Å². The third-order valence-electron chi connectivity index (χ3n) is 14.9. The van der Waals surface area contributed by atoms with Gasteiger partial charge in [-0.15, -0.1) is 0 Å². The fourth-order valence-electron chi connectivity index (χ4n) is 10.4. The molecule has 6 aromatic carbocycles. The highest BCUT2D eigenvalue weighted by atomic mass is 79.9. The number of nitrogens with one attached hydrogen (secondary N) is 1. The van der Waals surface area contributed by atoms with Crippen molar-refractivity contribution in [1.82, 2.24) is 24.9 Å². The zero-order chi connectivity index (χ0) is 59.4. The molecule has 0 radical (unpaired) electrons. The van der Waals surface area contributed by atoms with Gasteiger partial charge in [-0.25, -0.2) is 8.78 Å². The van der Waals surface area contributed by atoms with Crippen LogP contribution in [0.25, 0.3) is 0 Å². The normalized spacial score (nSPS) is 17.5. The Kier molecular flexibility index (Phi) is 22.1. The molecule has 18 heteroatoms. The maximum absolute atomic E-state index is 14.9. The first kappa shape index (κ1) is 62.9. The Bertz CT molecular complexity index is 3170. The number of phenolic OH excluding ortho intramolecular Hbond substituents is 2. The van der Waals surface area contributed by atoms with Crippen LogP contribution in [0.2, 0.25) is 0 Å².